The van der Waals surface area contributed by atoms with E-state index in [1.54, 1.807) is 0 Å². The molecular formula is C8H10N2O4. The lowest BCUT2D eigenvalue weighted by atomic mass is 10.4. The number of nitro groups is 1. The Kier molecular flexibility index (Phi) is 3.22. The average Bonchev–Trinajstić information content (AvgIpc) is 2.62. The molecule has 0 aromatic carbocycles. The van der Waals surface area contributed by atoms with Crippen molar-refractivity contribution in [3.05, 3.63) is 28.0 Å². The van der Waals surface area contributed by atoms with Crippen LogP contribution in [0.3, 0.4) is 0 Å². The van der Waals surface area contributed by atoms with Crippen LogP contribution < -0.4 is 5.32 Å². The van der Waals surface area contributed by atoms with E-state index in [1.807, 2.05) is 6.92 Å². The van der Waals surface area contributed by atoms with Crippen molar-refractivity contribution in [3.8, 4) is 0 Å². The molecule has 1 aromatic heterocycles. The highest BCUT2D eigenvalue weighted by atomic mass is 16.6. The maximum atomic E-state index is 11.2. The molecule has 0 aliphatic carbocycles. The minimum absolute atomic E-state index is 0.0369. The highest BCUT2D eigenvalue weighted by molar-refractivity contribution is 5.91. The van der Waals surface area contributed by atoms with Gasteiger partial charge in [0.15, 0.2) is 5.76 Å². The van der Waals surface area contributed by atoms with E-state index in [4.69, 9.17) is 4.42 Å². The molecule has 1 aromatic rings. The quantitative estimate of drug-likeness (QED) is 0.584. The van der Waals surface area contributed by atoms with Crippen LogP contribution in [-0.2, 0) is 0 Å². The molecule has 0 fully saturated rings. The molecule has 0 bridgehead atoms. The topological polar surface area (TPSA) is 85.4 Å². The zero-order valence-corrected chi connectivity index (χ0v) is 7.65. The van der Waals surface area contributed by atoms with Gasteiger partial charge >= 0.3 is 5.88 Å². The Balaban J connectivity index is 2.66. The Labute approximate surface area is 80.0 Å². The molecule has 0 atom stereocenters. The number of nitrogens with one attached hydrogen (secondary N) is 1. The van der Waals surface area contributed by atoms with Crippen molar-refractivity contribution in [1.29, 1.82) is 0 Å². The van der Waals surface area contributed by atoms with Crippen molar-refractivity contribution in [1.82, 2.24) is 5.32 Å². The maximum absolute atomic E-state index is 11.2. The first-order valence-corrected chi connectivity index (χ1v) is 4.17. The Hall–Kier alpha value is -1.85. The van der Waals surface area contributed by atoms with Crippen molar-refractivity contribution in [2.24, 2.45) is 0 Å². The highest BCUT2D eigenvalue weighted by Crippen LogP contribution is 2.15. The SMILES string of the molecule is CCCNC(=O)c1ccc([N+](=O)[O-])o1. The van der Waals surface area contributed by atoms with Gasteiger partial charge in [0.2, 0.25) is 0 Å². The van der Waals surface area contributed by atoms with Gasteiger partial charge < -0.3 is 9.73 Å². The van der Waals surface area contributed by atoms with Crippen LogP contribution in [-0.4, -0.2) is 17.4 Å². The molecule has 0 aliphatic rings. The first-order chi connectivity index (χ1) is 6.65. The number of hydrogen-bond acceptors (Lipinski definition) is 4. The van der Waals surface area contributed by atoms with Gasteiger partial charge in [-0.05, 0) is 12.5 Å². The number of nitrogens with zero attached hydrogens (tertiary/aromatic N) is 1. The van der Waals surface area contributed by atoms with Crippen LogP contribution in [0.1, 0.15) is 23.9 Å². The molecule has 14 heavy (non-hydrogen) atoms. The fourth-order valence-electron chi connectivity index (χ4n) is 0.873. The van der Waals surface area contributed by atoms with Crippen LogP contribution in [0, 0.1) is 10.1 Å². The summed E-state index contributed by atoms with van der Waals surface area (Å²) < 4.78 is 4.69. The predicted molar refractivity (Wildman–Crippen MR) is 48.0 cm³/mol. The molecule has 0 radical (unpaired) electrons. The van der Waals surface area contributed by atoms with Crippen LogP contribution in [0.5, 0.6) is 0 Å². The van der Waals surface area contributed by atoms with Crippen LogP contribution in [0.15, 0.2) is 16.5 Å². The number of rotatable bonds is 4. The van der Waals surface area contributed by atoms with Gasteiger partial charge in [-0.2, -0.15) is 0 Å². The summed E-state index contributed by atoms with van der Waals surface area (Å²) in [7, 11) is 0. The van der Waals surface area contributed by atoms with Crippen LogP contribution in [0.2, 0.25) is 0 Å². The number of carbonyl (C=O) groups excluding carboxylic acids is 1. The van der Waals surface area contributed by atoms with Crippen LogP contribution in [0.25, 0.3) is 0 Å². The standard InChI is InChI=1S/C8H10N2O4/c1-2-5-9-8(11)6-3-4-7(14-6)10(12)13/h3-4H,2,5H2,1H3,(H,9,11). The van der Waals surface area contributed by atoms with Crippen molar-refractivity contribution in [2.45, 2.75) is 13.3 Å². The monoisotopic (exact) mass is 198 g/mol. The van der Waals surface area contributed by atoms with Gasteiger partial charge in [0.05, 0.1) is 6.07 Å². The van der Waals surface area contributed by atoms with Gasteiger partial charge in [0.25, 0.3) is 5.91 Å². The summed E-state index contributed by atoms with van der Waals surface area (Å²) in [5.74, 6) is -0.892. The number of furan rings is 1. The van der Waals surface area contributed by atoms with E-state index in [0.29, 0.717) is 6.54 Å². The van der Waals surface area contributed by atoms with E-state index in [-0.39, 0.29) is 5.76 Å². The van der Waals surface area contributed by atoms with Crippen LogP contribution >= 0.6 is 0 Å². The summed E-state index contributed by atoms with van der Waals surface area (Å²) in [6, 6.07) is 2.43. The third-order valence-corrected chi connectivity index (χ3v) is 1.53. The second-order valence-corrected chi connectivity index (χ2v) is 2.65. The lowest BCUT2D eigenvalue weighted by Gasteiger charge is -1.98. The molecule has 0 unspecified atom stereocenters. The Morgan fingerprint density at radius 2 is 2.36 bits per heavy atom. The first kappa shape index (κ1) is 10.2. The lowest BCUT2D eigenvalue weighted by molar-refractivity contribution is -0.402. The van der Waals surface area contributed by atoms with Gasteiger partial charge in [0.1, 0.15) is 4.92 Å². The van der Waals surface area contributed by atoms with E-state index in [9.17, 15) is 14.9 Å². The van der Waals surface area contributed by atoms with Crippen molar-refractivity contribution >= 4 is 11.8 Å². The van der Waals surface area contributed by atoms with Gasteiger partial charge in [-0.25, -0.2) is 0 Å². The van der Waals surface area contributed by atoms with E-state index < -0.39 is 16.7 Å². The van der Waals surface area contributed by atoms with E-state index in [1.165, 1.54) is 6.07 Å². The molecule has 1 amide bonds. The van der Waals surface area contributed by atoms with E-state index in [0.717, 1.165) is 12.5 Å². The third kappa shape index (κ3) is 2.32. The molecule has 76 valence electrons. The Morgan fingerprint density at radius 1 is 1.64 bits per heavy atom. The first-order valence-electron chi connectivity index (χ1n) is 4.17. The van der Waals surface area contributed by atoms with Gasteiger partial charge in [-0.15, -0.1) is 0 Å². The average molecular weight is 198 g/mol. The summed E-state index contributed by atoms with van der Waals surface area (Å²) >= 11 is 0. The van der Waals surface area contributed by atoms with Crippen molar-refractivity contribution < 1.29 is 14.1 Å². The smallest absolute Gasteiger partial charge is 0.395 e. The van der Waals surface area contributed by atoms with Gasteiger partial charge in [-0.3, -0.25) is 14.9 Å². The second-order valence-electron chi connectivity index (χ2n) is 2.65. The number of hydrogen-bond donors (Lipinski definition) is 1. The summed E-state index contributed by atoms with van der Waals surface area (Å²) in [5, 5.41) is 12.8. The number of carbonyl (C=O) groups is 1. The molecule has 0 aliphatic heterocycles. The Bertz CT molecular complexity index is 345. The third-order valence-electron chi connectivity index (χ3n) is 1.53. The summed E-state index contributed by atoms with van der Waals surface area (Å²) in [6.45, 7) is 2.43. The molecule has 1 heterocycles. The minimum Gasteiger partial charge on any atom is -0.395 e. The Morgan fingerprint density at radius 3 is 2.86 bits per heavy atom. The molecule has 0 saturated heterocycles. The molecular weight excluding hydrogens is 188 g/mol. The number of amides is 1. The minimum atomic E-state index is -0.684. The molecule has 6 heteroatoms. The summed E-state index contributed by atoms with van der Waals surface area (Å²) in [5.41, 5.74) is 0. The lowest BCUT2D eigenvalue weighted by Crippen LogP contribution is -2.23. The van der Waals surface area contributed by atoms with Crippen LogP contribution in [0.4, 0.5) is 5.88 Å². The maximum Gasteiger partial charge on any atom is 0.433 e. The fraction of sp³-hybridized carbons (Fsp3) is 0.375. The van der Waals surface area contributed by atoms with Crippen molar-refractivity contribution in [2.75, 3.05) is 6.54 Å². The molecule has 6 nitrogen and oxygen atoms in total. The molecule has 0 spiro atoms. The largest absolute Gasteiger partial charge is 0.433 e. The normalized spacial score (nSPS) is 9.79. The molecule has 1 N–H and O–H groups in total. The summed E-state index contributed by atoms with van der Waals surface area (Å²) in [6.07, 6.45) is 0.800. The van der Waals surface area contributed by atoms with Gasteiger partial charge in [-0.1, -0.05) is 6.92 Å². The molecule has 0 saturated carbocycles. The zero-order valence-electron chi connectivity index (χ0n) is 7.65. The van der Waals surface area contributed by atoms with Crippen molar-refractivity contribution in [3.63, 3.8) is 0 Å². The van der Waals surface area contributed by atoms with Gasteiger partial charge in [0, 0.05) is 6.54 Å². The predicted octanol–water partition coefficient (Wildman–Crippen LogP) is 1.33. The highest BCUT2D eigenvalue weighted by Gasteiger charge is 2.16. The van der Waals surface area contributed by atoms with E-state index >= 15 is 0 Å². The second kappa shape index (κ2) is 4.40. The summed E-state index contributed by atoms with van der Waals surface area (Å²) in [4.78, 5) is 20.8. The fourth-order valence-corrected chi connectivity index (χ4v) is 0.873. The zero-order chi connectivity index (χ0) is 10.6. The molecule has 1 rings (SSSR count). The van der Waals surface area contributed by atoms with E-state index in [2.05, 4.69) is 5.32 Å².